The van der Waals surface area contributed by atoms with Crippen LogP contribution in [0, 0.1) is 11.3 Å². The van der Waals surface area contributed by atoms with Crippen molar-refractivity contribution in [3.8, 4) is 0 Å². The summed E-state index contributed by atoms with van der Waals surface area (Å²) in [4.78, 5) is 14.0. The van der Waals surface area contributed by atoms with Crippen LogP contribution in [0.25, 0.3) is 0 Å². The number of carbonyl (C=O) groups is 1. The SMILES string of the molecule is CC(N[S+]([O-])C(C)(C)C)C1CC2(CCN(C(=O)OC(C)(C)C)CC2)C1. The molecule has 2 atom stereocenters. The fraction of sp³-hybridized carbons (Fsp3) is 0.947. The van der Waals surface area contributed by atoms with Gasteiger partial charge in [0.25, 0.3) is 0 Å². The lowest BCUT2D eigenvalue weighted by Gasteiger charge is -2.53. The number of amides is 1. The lowest BCUT2D eigenvalue weighted by atomic mass is 9.56. The molecule has 1 aliphatic carbocycles. The average Bonchev–Trinajstić information content (AvgIpc) is 2.41. The molecule has 2 fully saturated rings. The molecule has 0 radical (unpaired) electrons. The number of likely N-dealkylation sites (tertiary alicyclic amines) is 1. The third kappa shape index (κ3) is 5.51. The molecule has 6 heteroatoms. The van der Waals surface area contributed by atoms with E-state index in [2.05, 4.69) is 11.6 Å². The summed E-state index contributed by atoms with van der Waals surface area (Å²) < 4.78 is 20.8. The molecule has 2 aliphatic rings. The predicted octanol–water partition coefficient (Wildman–Crippen LogP) is 3.85. The first kappa shape index (κ1) is 20.8. The predicted molar refractivity (Wildman–Crippen MR) is 103 cm³/mol. The Morgan fingerprint density at radius 1 is 1.20 bits per heavy atom. The Kier molecular flexibility index (Phi) is 6.07. The molecule has 146 valence electrons. The first-order valence-electron chi connectivity index (χ1n) is 9.47. The van der Waals surface area contributed by atoms with Gasteiger partial charge in [-0.3, -0.25) is 0 Å². The van der Waals surface area contributed by atoms with Crippen LogP contribution in [-0.2, 0) is 16.1 Å². The first-order valence-corrected chi connectivity index (χ1v) is 10.6. The zero-order valence-corrected chi connectivity index (χ0v) is 17.8. The van der Waals surface area contributed by atoms with Gasteiger partial charge < -0.3 is 14.2 Å². The molecule has 1 saturated carbocycles. The minimum absolute atomic E-state index is 0.186. The molecule has 0 aromatic heterocycles. The number of rotatable bonds is 3. The highest BCUT2D eigenvalue weighted by atomic mass is 32.2. The van der Waals surface area contributed by atoms with Crippen LogP contribution in [0.4, 0.5) is 4.79 Å². The van der Waals surface area contributed by atoms with E-state index in [4.69, 9.17) is 4.74 Å². The first-order chi connectivity index (χ1) is 11.3. The zero-order chi connectivity index (χ0) is 19.0. The molecule has 2 rings (SSSR count). The Morgan fingerprint density at radius 2 is 1.72 bits per heavy atom. The molecule has 0 aromatic rings. The molecule has 25 heavy (non-hydrogen) atoms. The quantitative estimate of drug-likeness (QED) is 0.764. The van der Waals surface area contributed by atoms with Crippen molar-refractivity contribution in [2.75, 3.05) is 13.1 Å². The number of ether oxygens (including phenoxy) is 1. The average molecular weight is 373 g/mol. The Morgan fingerprint density at radius 3 is 2.16 bits per heavy atom. The molecule has 1 amide bonds. The van der Waals surface area contributed by atoms with Crippen LogP contribution < -0.4 is 4.72 Å². The van der Waals surface area contributed by atoms with Crippen molar-refractivity contribution in [2.45, 2.75) is 90.5 Å². The minimum atomic E-state index is -1.01. The second kappa shape index (κ2) is 7.28. The van der Waals surface area contributed by atoms with Gasteiger partial charge in [0, 0.05) is 24.5 Å². The molecule has 1 saturated heterocycles. The van der Waals surface area contributed by atoms with E-state index in [9.17, 15) is 9.35 Å². The number of hydrogen-bond acceptors (Lipinski definition) is 4. The smallest absolute Gasteiger partial charge is 0.410 e. The van der Waals surface area contributed by atoms with Gasteiger partial charge in [-0.15, -0.1) is 4.72 Å². The molecule has 0 aromatic carbocycles. The van der Waals surface area contributed by atoms with Gasteiger partial charge in [0.1, 0.15) is 10.3 Å². The van der Waals surface area contributed by atoms with Crippen molar-refractivity contribution in [1.29, 1.82) is 0 Å². The summed E-state index contributed by atoms with van der Waals surface area (Å²) in [6.07, 6.45) is 4.26. The highest BCUT2D eigenvalue weighted by Gasteiger charge is 2.49. The van der Waals surface area contributed by atoms with Crippen LogP contribution in [0.1, 0.15) is 74.1 Å². The van der Waals surface area contributed by atoms with Gasteiger partial charge in [0.05, 0.1) is 6.04 Å². The molecule has 5 nitrogen and oxygen atoms in total. The van der Waals surface area contributed by atoms with Crippen LogP contribution in [-0.4, -0.2) is 45.0 Å². The van der Waals surface area contributed by atoms with Crippen molar-refractivity contribution in [2.24, 2.45) is 11.3 Å². The van der Waals surface area contributed by atoms with Gasteiger partial charge in [0.2, 0.25) is 0 Å². The van der Waals surface area contributed by atoms with Crippen LogP contribution in [0.2, 0.25) is 0 Å². The minimum Gasteiger partial charge on any atom is -0.598 e. The van der Waals surface area contributed by atoms with Gasteiger partial charge in [-0.2, -0.15) is 0 Å². The summed E-state index contributed by atoms with van der Waals surface area (Å²) in [5.41, 5.74) is -0.0556. The van der Waals surface area contributed by atoms with E-state index in [0.717, 1.165) is 25.9 Å². The lowest BCUT2D eigenvalue weighted by molar-refractivity contribution is -0.0333. The number of hydrogen-bond donors (Lipinski definition) is 1. The van der Waals surface area contributed by atoms with Gasteiger partial charge in [0.15, 0.2) is 0 Å². The van der Waals surface area contributed by atoms with Gasteiger partial charge in [-0.1, -0.05) is 0 Å². The summed E-state index contributed by atoms with van der Waals surface area (Å²) >= 11 is -1.01. The topological polar surface area (TPSA) is 64.6 Å². The van der Waals surface area contributed by atoms with E-state index in [1.54, 1.807) is 0 Å². The molecular formula is C19H36N2O3S. The van der Waals surface area contributed by atoms with Gasteiger partial charge >= 0.3 is 6.09 Å². The summed E-state index contributed by atoms with van der Waals surface area (Å²) in [6, 6.07) is 0.273. The molecule has 1 aliphatic heterocycles. The maximum absolute atomic E-state index is 12.3. The normalized spacial score (nSPS) is 23.9. The molecule has 0 bridgehead atoms. The summed E-state index contributed by atoms with van der Waals surface area (Å²) in [7, 11) is 0. The van der Waals surface area contributed by atoms with Gasteiger partial charge in [-0.05, 0) is 85.5 Å². The van der Waals surface area contributed by atoms with E-state index in [0.29, 0.717) is 11.3 Å². The standard InChI is InChI=1S/C19H36N2O3S/c1-14(20-25(23)18(5,6)7)15-12-19(13-15)8-10-21(11-9-19)16(22)24-17(2,3)4/h14-15,20H,8-13H2,1-7H3. The Hall–Kier alpha value is -0.460. The second-order valence-corrected chi connectivity index (χ2v) is 11.9. The monoisotopic (exact) mass is 372 g/mol. The fourth-order valence-electron chi connectivity index (χ4n) is 3.75. The molecule has 1 spiro atoms. The van der Waals surface area contributed by atoms with Crippen molar-refractivity contribution < 1.29 is 14.1 Å². The summed E-state index contributed by atoms with van der Waals surface area (Å²) in [5.74, 6) is 0.583. The molecule has 1 heterocycles. The number of carbonyl (C=O) groups excluding carboxylic acids is 1. The number of nitrogens with zero attached hydrogens (tertiary/aromatic N) is 1. The van der Waals surface area contributed by atoms with E-state index >= 15 is 0 Å². The van der Waals surface area contributed by atoms with E-state index in [-0.39, 0.29) is 16.9 Å². The Balaban J connectivity index is 1.76. The lowest BCUT2D eigenvalue weighted by Crippen LogP contribution is -2.55. The second-order valence-electron chi connectivity index (χ2n) is 9.92. The Bertz CT molecular complexity index is 468. The van der Waals surface area contributed by atoms with Crippen LogP contribution in [0.5, 0.6) is 0 Å². The van der Waals surface area contributed by atoms with E-state index in [1.165, 1.54) is 12.8 Å². The highest BCUT2D eigenvalue weighted by Crippen LogP contribution is 2.53. The van der Waals surface area contributed by atoms with Crippen molar-refractivity contribution >= 4 is 17.5 Å². The van der Waals surface area contributed by atoms with E-state index in [1.807, 2.05) is 46.4 Å². The maximum atomic E-state index is 12.3. The van der Waals surface area contributed by atoms with Gasteiger partial charge in [-0.25, -0.2) is 4.79 Å². The highest BCUT2D eigenvalue weighted by molar-refractivity contribution is 7.90. The van der Waals surface area contributed by atoms with Crippen LogP contribution in [0.15, 0.2) is 0 Å². The third-order valence-electron chi connectivity index (χ3n) is 5.42. The fourth-order valence-corrected chi connectivity index (χ4v) is 4.63. The summed E-state index contributed by atoms with van der Waals surface area (Å²) in [5, 5.41) is 0. The summed E-state index contributed by atoms with van der Waals surface area (Å²) in [6.45, 7) is 15.4. The maximum Gasteiger partial charge on any atom is 0.410 e. The zero-order valence-electron chi connectivity index (χ0n) is 17.0. The number of nitrogens with one attached hydrogen (secondary N) is 1. The third-order valence-corrected chi connectivity index (χ3v) is 7.12. The molecular weight excluding hydrogens is 336 g/mol. The van der Waals surface area contributed by atoms with Crippen LogP contribution in [0.3, 0.4) is 0 Å². The van der Waals surface area contributed by atoms with Crippen LogP contribution >= 0.6 is 0 Å². The van der Waals surface area contributed by atoms with Crippen molar-refractivity contribution in [1.82, 2.24) is 9.62 Å². The number of piperidine rings is 1. The van der Waals surface area contributed by atoms with Crippen molar-refractivity contribution in [3.63, 3.8) is 0 Å². The molecule has 1 N–H and O–H groups in total. The Labute approximate surface area is 156 Å². The molecule has 2 unspecified atom stereocenters. The van der Waals surface area contributed by atoms with Crippen molar-refractivity contribution in [3.05, 3.63) is 0 Å². The largest absolute Gasteiger partial charge is 0.598 e. The van der Waals surface area contributed by atoms with E-state index < -0.39 is 17.0 Å².